The Morgan fingerprint density at radius 1 is 0.247 bits per heavy atom. The van der Waals surface area contributed by atoms with Crippen LogP contribution in [0.1, 0.15) is 33.4 Å². The molecule has 2 heteroatoms. The second kappa shape index (κ2) is 17.6. The van der Waals surface area contributed by atoms with Crippen LogP contribution in [0.2, 0.25) is 0 Å². The zero-order valence-corrected chi connectivity index (χ0v) is 40.0. The number of pyridine rings is 1. The Kier molecular flexibility index (Phi) is 10.2. The van der Waals surface area contributed by atoms with Gasteiger partial charge in [-0.3, -0.25) is 4.98 Å². The summed E-state index contributed by atoms with van der Waals surface area (Å²) in [5.41, 5.74) is 27.0. The van der Waals surface area contributed by atoms with E-state index in [1.165, 1.54) is 77.8 Å². The van der Waals surface area contributed by atoms with Crippen LogP contribution < -0.4 is 0 Å². The first-order valence-corrected chi connectivity index (χ1v) is 25.1. The smallest absolute Gasteiger partial charge is 0.0708 e. The third-order valence-electron chi connectivity index (χ3n) is 14.8. The number of hydrogen-bond acceptors (Lipinski definition) is 1. The minimum Gasteiger partial charge on any atom is -0.317 e. The van der Waals surface area contributed by atoms with E-state index in [2.05, 4.69) is 272 Å². The molecule has 340 valence electrons. The van der Waals surface area contributed by atoms with Gasteiger partial charge >= 0.3 is 0 Å². The molecule has 0 aliphatic heterocycles. The molecule has 0 bridgehead atoms. The number of nitrogens with zero attached hydrogens (tertiary/aromatic N) is 2. The topological polar surface area (TPSA) is 17.8 Å². The standard InChI is InChI=1S/C71H46N2/c1-8-23-49(24-9-1)60-61(50-25-10-2-11-26-50)65(54-33-18-6-19-34-54)70-68(63(60)52-29-14-4-15-30-52)67(55-40-38-47-35-22-43-72-58(47)45-55)69-64(53-31-16-5-17-32-53)62(51-27-12-3-13-28-51)66(71(69)70)56-41-39-48-42-44-73(59(48)46-56)57-36-20-7-21-37-57/h1-46H. The van der Waals surface area contributed by atoms with Crippen LogP contribution in [-0.4, -0.2) is 9.55 Å². The van der Waals surface area contributed by atoms with Crippen molar-refractivity contribution in [2.24, 2.45) is 0 Å². The van der Waals surface area contributed by atoms with Gasteiger partial charge in [-0.05, 0) is 153 Å². The van der Waals surface area contributed by atoms with Crippen molar-refractivity contribution >= 4 is 49.7 Å². The van der Waals surface area contributed by atoms with Crippen molar-refractivity contribution in [2.75, 3.05) is 0 Å². The molecule has 0 radical (unpaired) electrons. The summed E-state index contributed by atoms with van der Waals surface area (Å²) in [5.74, 6) is 0. The number of benzene rings is 10. The fourth-order valence-electron chi connectivity index (χ4n) is 11.8. The van der Waals surface area contributed by atoms with E-state index in [1.54, 1.807) is 0 Å². The SMILES string of the molecule is c1ccc(C2=C(c3ccccc3)C(c3ccc4ccn(-c5ccccc5)c4c3)=C3C2=C(c2ccc4cccnc4c2)c2c3c(-c3ccccc3)c(-c3ccccc3)c(-c3ccccc3)c2-c2ccccc2)cc1. The number of rotatable bonds is 9. The van der Waals surface area contributed by atoms with Crippen molar-refractivity contribution < 1.29 is 0 Å². The Hall–Kier alpha value is -9.63. The predicted molar refractivity (Wildman–Crippen MR) is 306 cm³/mol. The first-order chi connectivity index (χ1) is 36.3. The summed E-state index contributed by atoms with van der Waals surface area (Å²) in [5, 5.41) is 2.29. The molecule has 2 heterocycles. The molecular formula is C71H46N2. The van der Waals surface area contributed by atoms with Gasteiger partial charge in [-0.25, -0.2) is 0 Å². The van der Waals surface area contributed by atoms with Gasteiger partial charge in [0.15, 0.2) is 0 Å². The second-order valence-corrected chi connectivity index (χ2v) is 18.9. The van der Waals surface area contributed by atoms with Crippen LogP contribution in [0.15, 0.2) is 285 Å². The summed E-state index contributed by atoms with van der Waals surface area (Å²) >= 11 is 0. The Morgan fingerprint density at radius 3 is 1.15 bits per heavy atom. The van der Waals surface area contributed by atoms with E-state index in [-0.39, 0.29) is 0 Å². The molecule has 10 aromatic carbocycles. The highest BCUT2D eigenvalue weighted by Crippen LogP contribution is 2.67. The first-order valence-electron chi connectivity index (χ1n) is 25.1. The molecule has 0 N–H and O–H groups in total. The van der Waals surface area contributed by atoms with E-state index < -0.39 is 0 Å². The fraction of sp³-hybridized carbons (Fsp3) is 0. The average Bonchev–Trinajstić information content (AvgIpc) is 4.16. The van der Waals surface area contributed by atoms with Crippen LogP contribution in [0.3, 0.4) is 0 Å². The van der Waals surface area contributed by atoms with Crippen molar-refractivity contribution in [1.29, 1.82) is 0 Å². The van der Waals surface area contributed by atoms with Gasteiger partial charge in [0.1, 0.15) is 0 Å². The molecule has 2 aromatic heterocycles. The lowest BCUT2D eigenvalue weighted by atomic mass is 9.75. The van der Waals surface area contributed by atoms with Gasteiger partial charge in [-0.1, -0.05) is 231 Å². The molecule has 0 amide bonds. The number of para-hydroxylation sites is 1. The predicted octanol–water partition coefficient (Wildman–Crippen LogP) is 18.2. The highest BCUT2D eigenvalue weighted by molar-refractivity contribution is 6.41. The van der Waals surface area contributed by atoms with Crippen LogP contribution in [0.5, 0.6) is 0 Å². The minimum atomic E-state index is 0.958. The van der Waals surface area contributed by atoms with Gasteiger partial charge < -0.3 is 4.57 Å². The summed E-state index contributed by atoms with van der Waals surface area (Å²) in [7, 11) is 0. The largest absolute Gasteiger partial charge is 0.317 e. The third-order valence-corrected chi connectivity index (χ3v) is 14.8. The number of fused-ring (bicyclic) bond motifs is 5. The van der Waals surface area contributed by atoms with E-state index in [9.17, 15) is 0 Å². The molecule has 14 rings (SSSR count). The zero-order chi connectivity index (χ0) is 48.2. The quantitative estimate of drug-likeness (QED) is 0.141. The van der Waals surface area contributed by atoms with Crippen LogP contribution in [0.4, 0.5) is 0 Å². The van der Waals surface area contributed by atoms with E-state index in [0.717, 1.165) is 61.1 Å². The highest BCUT2D eigenvalue weighted by atomic mass is 15.0. The molecule has 12 aromatic rings. The summed E-state index contributed by atoms with van der Waals surface area (Å²) in [6, 6.07) is 97.9. The molecule has 0 saturated heterocycles. The lowest BCUT2D eigenvalue weighted by Crippen LogP contribution is -2.04. The molecule has 0 spiro atoms. The maximum absolute atomic E-state index is 5.03. The summed E-state index contributed by atoms with van der Waals surface area (Å²) in [6.07, 6.45) is 4.12. The minimum absolute atomic E-state index is 0.958. The van der Waals surface area contributed by atoms with Gasteiger partial charge in [0, 0.05) is 23.5 Å². The normalized spacial score (nSPS) is 13.0. The van der Waals surface area contributed by atoms with Crippen molar-refractivity contribution in [3.05, 3.63) is 318 Å². The van der Waals surface area contributed by atoms with Gasteiger partial charge in [0.25, 0.3) is 0 Å². The van der Waals surface area contributed by atoms with E-state index >= 15 is 0 Å². The van der Waals surface area contributed by atoms with E-state index in [1.807, 2.05) is 12.3 Å². The van der Waals surface area contributed by atoms with Gasteiger partial charge in [0.05, 0.1) is 11.0 Å². The average molecular weight is 927 g/mol. The van der Waals surface area contributed by atoms with Crippen molar-refractivity contribution in [3.63, 3.8) is 0 Å². The summed E-state index contributed by atoms with van der Waals surface area (Å²) in [4.78, 5) is 5.03. The number of allylic oxidation sites excluding steroid dienone is 5. The number of hydrogen-bond donors (Lipinski definition) is 0. The number of aromatic nitrogens is 2. The molecule has 2 aliphatic carbocycles. The summed E-state index contributed by atoms with van der Waals surface area (Å²) < 4.78 is 2.33. The Labute approximate surface area is 425 Å². The fourth-order valence-corrected chi connectivity index (χ4v) is 11.8. The van der Waals surface area contributed by atoms with Crippen LogP contribution in [0, 0.1) is 0 Å². The van der Waals surface area contributed by atoms with Crippen molar-refractivity contribution in [1.82, 2.24) is 9.55 Å². The first kappa shape index (κ1) is 42.3. The van der Waals surface area contributed by atoms with Crippen molar-refractivity contribution in [2.45, 2.75) is 0 Å². The molecule has 2 nitrogen and oxygen atoms in total. The van der Waals surface area contributed by atoms with Gasteiger partial charge in [0.2, 0.25) is 0 Å². The third kappa shape index (κ3) is 6.99. The van der Waals surface area contributed by atoms with Crippen molar-refractivity contribution in [3.8, 4) is 50.2 Å². The lowest BCUT2D eigenvalue weighted by Gasteiger charge is -2.27. The molecule has 0 saturated carbocycles. The molecule has 0 fully saturated rings. The van der Waals surface area contributed by atoms with E-state index in [0.29, 0.717) is 0 Å². The zero-order valence-electron chi connectivity index (χ0n) is 40.0. The maximum atomic E-state index is 5.03. The van der Waals surface area contributed by atoms with Gasteiger partial charge in [-0.15, -0.1) is 0 Å². The maximum Gasteiger partial charge on any atom is 0.0708 e. The highest BCUT2D eigenvalue weighted by Gasteiger charge is 2.44. The molecule has 2 aliphatic rings. The lowest BCUT2D eigenvalue weighted by molar-refractivity contribution is 1.13. The molecule has 0 atom stereocenters. The Balaban J connectivity index is 1.27. The van der Waals surface area contributed by atoms with Crippen LogP contribution in [0.25, 0.3) is 99.9 Å². The monoisotopic (exact) mass is 926 g/mol. The van der Waals surface area contributed by atoms with Crippen LogP contribution >= 0.6 is 0 Å². The molecular weight excluding hydrogens is 881 g/mol. The van der Waals surface area contributed by atoms with Gasteiger partial charge in [-0.2, -0.15) is 0 Å². The Bertz CT molecular complexity index is 4170. The molecule has 73 heavy (non-hydrogen) atoms. The second-order valence-electron chi connectivity index (χ2n) is 18.9. The van der Waals surface area contributed by atoms with Crippen LogP contribution in [-0.2, 0) is 0 Å². The van der Waals surface area contributed by atoms with E-state index in [4.69, 9.17) is 4.98 Å². The summed E-state index contributed by atoms with van der Waals surface area (Å²) in [6.45, 7) is 0. The molecule has 0 unspecified atom stereocenters. The Morgan fingerprint density at radius 2 is 0.644 bits per heavy atom.